The first-order chi connectivity index (χ1) is 10.8. The van der Waals surface area contributed by atoms with Crippen LogP contribution in [0.4, 0.5) is 0 Å². The number of piperidine rings is 1. The molecule has 2 unspecified atom stereocenters. The van der Waals surface area contributed by atoms with Gasteiger partial charge in [-0.1, -0.05) is 19.3 Å². The minimum absolute atomic E-state index is 0.114. The molecule has 2 atom stereocenters. The van der Waals surface area contributed by atoms with Gasteiger partial charge in [0.15, 0.2) is 0 Å². The molecule has 1 saturated carbocycles. The van der Waals surface area contributed by atoms with E-state index in [2.05, 4.69) is 46.1 Å². The van der Waals surface area contributed by atoms with E-state index >= 15 is 0 Å². The second kappa shape index (κ2) is 8.43. The molecule has 1 heterocycles. The molecule has 0 N–H and O–H groups in total. The molecule has 23 heavy (non-hydrogen) atoms. The first kappa shape index (κ1) is 19.4. The van der Waals surface area contributed by atoms with E-state index in [-0.39, 0.29) is 18.3 Å². The van der Waals surface area contributed by atoms with Crippen molar-refractivity contribution in [2.45, 2.75) is 92.0 Å². The van der Waals surface area contributed by atoms with Gasteiger partial charge in [-0.25, -0.2) is 0 Å². The third-order valence-corrected chi connectivity index (χ3v) is 8.32. The van der Waals surface area contributed by atoms with Gasteiger partial charge in [0, 0.05) is 24.9 Å². The molecule has 1 aliphatic carbocycles. The fraction of sp³-hybridized carbons (Fsp3) is 1.00. The summed E-state index contributed by atoms with van der Waals surface area (Å²) in [5.41, 5.74) is 0. The van der Waals surface area contributed by atoms with E-state index in [4.69, 9.17) is 13.3 Å². The van der Waals surface area contributed by atoms with Crippen LogP contribution in [0, 0.1) is 11.8 Å². The van der Waals surface area contributed by atoms with Crippen molar-refractivity contribution >= 4 is 8.97 Å². The molecule has 1 aliphatic heterocycles. The molecule has 0 aromatic heterocycles. The van der Waals surface area contributed by atoms with Crippen LogP contribution >= 0.6 is 0 Å². The van der Waals surface area contributed by atoms with Crippen molar-refractivity contribution in [3.63, 3.8) is 0 Å². The monoisotopic (exact) mass is 343 g/mol. The summed E-state index contributed by atoms with van der Waals surface area (Å²) in [5, 5.41) is 0. The summed E-state index contributed by atoms with van der Waals surface area (Å²) in [6.45, 7) is 14.7. The SMILES string of the molecule is CC(C)O[Si](OC(C)C)(OC(C)C)N1CCC2CCCCC2C1. The molecule has 2 aliphatic rings. The highest BCUT2D eigenvalue weighted by Gasteiger charge is 2.53. The van der Waals surface area contributed by atoms with Crippen molar-refractivity contribution in [1.82, 2.24) is 4.57 Å². The van der Waals surface area contributed by atoms with Crippen LogP contribution in [0.25, 0.3) is 0 Å². The van der Waals surface area contributed by atoms with Gasteiger partial charge in [-0.15, -0.1) is 0 Å². The summed E-state index contributed by atoms with van der Waals surface area (Å²) in [6, 6.07) is 0. The van der Waals surface area contributed by atoms with Gasteiger partial charge < -0.3 is 13.3 Å². The van der Waals surface area contributed by atoms with Crippen LogP contribution in [0.2, 0.25) is 0 Å². The van der Waals surface area contributed by atoms with E-state index in [1.54, 1.807) is 0 Å². The topological polar surface area (TPSA) is 30.9 Å². The van der Waals surface area contributed by atoms with E-state index in [1.165, 1.54) is 32.1 Å². The summed E-state index contributed by atoms with van der Waals surface area (Å²) in [4.78, 5) is 0. The van der Waals surface area contributed by atoms with Crippen molar-refractivity contribution in [2.75, 3.05) is 13.1 Å². The molecule has 136 valence electrons. The Labute approximate surface area is 144 Å². The Balaban J connectivity index is 2.19. The van der Waals surface area contributed by atoms with Gasteiger partial charge in [-0.3, -0.25) is 4.57 Å². The van der Waals surface area contributed by atoms with E-state index in [0.717, 1.165) is 24.9 Å². The third-order valence-electron chi connectivity index (χ3n) is 4.83. The Morgan fingerprint density at radius 3 is 1.70 bits per heavy atom. The lowest BCUT2D eigenvalue weighted by Gasteiger charge is -2.48. The predicted octanol–water partition coefficient (Wildman–Crippen LogP) is 4.21. The van der Waals surface area contributed by atoms with Crippen LogP contribution in [-0.2, 0) is 13.3 Å². The minimum atomic E-state index is -2.83. The van der Waals surface area contributed by atoms with Crippen LogP contribution in [-0.4, -0.2) is 44.9 Å². The van der Waals surface area contributed by atoms with Gasteiger partial charge in [-0.2, -0.15) is 0 Å². The number of hydrogen-bond donors (Lipinski definition) is 0. The van der Waals surface area contributed by atoms with Crippen LogP contribution in [0.5, 0.6) is 0 Å². The van der Waals surface area contributed by atoms with Crippen molar-refractivity contribution < 1.29 is 13.3 Å². The maximum Gasteiger partial charge on any atom is 0.600 e. The summed E-state index contributed by atoms with van der Waals surface area (Å²) >= 11 is 0. The largest absolute Gasteiger partial charge is 0.600 e. The maximum absolute atomic E-state index is 6.40. The highest BCUT2D eigenvalue weighted by molar-refractivity contribution is 6.57. The van der Waals surface area contributed by atoms with E-state index in [0.29, 0.717) is 0 Å². The first-order valence-corrected chi connectivity index (χ1v) is 11.3. The second-order valence-corrected chi connectivity index (χ2v) is 10.5. The van der Waals surface area contributed by atoms with Crippen molar-refractivity contribution in [3.05, 3.63) is 0 Å². The number of fused-ring (bicyclic) bond motifs is 1. The van der Waals surface area contributed by atoms with Crippen LogP contribution in [0.1, 0.15) is 73.6 Å². The molecule has 0 spiro atoms. The first-order valence-electron chi connectivity index (χ1n) is 9.61. The molecule has 0 radical (unpaired) electrons. The molecule has 1 saturated heterocycles. The van der Waals surface area contributed by atoms with Gasteiger partial charge in [0.05, 0.1) is 0 Å². The highest BCUT2D eigenvalue weighted by Crippen LogP contribution is 2.38. The average molecular weight is 344 g/mol. The number of hydrogen-bond acceptors (Lipinski definition) is 4. The predicted molar refractivity (Wildman–Crippen MR) is 96.1 cm³/mol. The van der Waals surface area contributed by atoms with Crippen molar-refractivity contribution in [3.8, 4) is 0 Å². The molecule has 0 aromatic carbocycles. The quantitative estimate of drug-likeness (QED) is 0.648. The zero-order chi connectivity index (χ0) is 17.0. The van der Waals surface area contributed by atoms with Gasteiger partial charge in [-0.05, 0) is 72.8 Å². The minimum Gasteiger partial charge on any atom is -0.358 e. The number of nitrogens with zero attached hydrogens (tertiary/aromatic N) is 1. The van der Waals surface area contributed by atoms with Gasteiger partial charge in [0.25, 0.3) is 0 Å². The van der Waals surface area contributed by atoms with Crippen molar-refractivity contribution in [2.24, 2.45) is 11.8 Å². The zero-order valence-corrected chi connectivity index (χ0v) is 17.0. The van der Waals surface area contributed by atoms with Gasteiger partial charge in [0.2, 0.25) is 0 Å². The van der Waals surface area contributed by atoms with Crippen molar-refractivity contribution in [1.29, 1.82) is 0 Å². The smallest absolute Gasteiger partial charge is 0.358 e. The Morgan fingerprint density at radius 2 is 1.22 bits per heavy atom. The zero-order valence-electron chi connectivity index (χ0n) is 16.0. The third kappa shape index (κ3) is 5.26. The van der Waals surface area contributed by atoms with Gasteiger partial charge in [0.1, 0.15) is 0 Å². The standard InChI is InChI=1S/C18H37NO3Si/c1-14(2)20-23(21-15(3)4,22-16(5)6)19-12-11-17-9-7-8-10-18(17)13-19/h14-18H,7-13H2,1-6H3. The summed E-state index contributed by atoms with van der Waals surface area (Å²) in [7, 11) is -2.83. The van der Waals surface area contributed by atoms with E-state index in [9.17, 15) is 0 Å². The Morgan fingerprint density at radius 1 is 0.739 bits per heavy atom. The van der Waals surface area contributed by atoms with Gasteiger partial charge >= 0.3 is 8.97 Å². The molecule has 0 bridgehead atoms. The van der Waals surface area contributed by atoms with E-state index in [1.807, 2.05) is 0 Å². The molecule has 5 heteroatoms. The Kier molecular flexibility index (Phi) is 7.11. The fourth-order valence-corrected chi connectivity index (χ4v) is 7.31. The molecule has 0 aromatic rings. The Hall–Kier alpha value is 0.0569. The lowest BCUT2D eigenvalue weighted by atomic mass is 9.76. The summed E-state index contributed by atoms with van der Waals surface area (Å²) in [6.07, 6.45) is 7.17. The van der Waals surface area contributed by atoms with E-state index < -0.39 is 8.97 Å². The lowest BCUT2D eigenvalue weighted by Crippen LogP contribution is -2.66. The van der Waals surface area contributed by atoms with Crippen LogP contribution < -0.4 is 0 Å². The Bertz CT molecular complexity index is 336. The fourth-order valence-electron chi connectivity index (χ4n) is 4.05. The average Bonchev–Trinajstić information content (AvgIpc) is 2.44. The molecular formula is C18H37NO3Si. The number of rotatable bonds is 7. The molecule has 4 nitrogen and oxygen atoms in total. The molecular weight excluding hydrogens is 306 g/mol. The van der Waals surface area contributed by atoms with Crippen LogP contribution in [0.15, 0.2) is 0 Å². The maximum atomic E-state index is 6.40. The second-order valence-electron chi connectivity index (χ2n) is 8.06. The van der Waals surface area contributed by atoms with Crippen LogP contribution in [0.3, 0.4) is 0 Å². The molecule has 2 fully saturated rings. The lowest BCUT2D eigenvalue weighted by molar-refractivity contribution is -0.0535. The highest BCUT2D eigenvalue weighted by atomic mass is 28.4. The normalized spacial score (nSPS) is 27.0. The molecule has 0 amide bonds. The summed E-state index contributed by atoms with van der Waals surface area (Å²) in [5.74, 6) is 1.70. The summed E-state index contributed by atoms with van der Waals surface area (Å²) < 4.78 is 21.7. The molecule has 2 rings (SSSR count).